The Morgan fingerprint density at radius 1 is 0.805 bits per heavy atom. The molecule has 0 aliphatic rings. The van der Waals surface area contributed by atoms with E-state index in [4.69, 9.17) is 4.74 Å². The maximum atomic E-state index is 13.1. The molecule has 6 aromatic rings. The average molecular weight is 542 g/mol. The summed E-state index contributed by atoms with van der Waals surface area (Å²) < 4.78 is 7.88. The van der Waals surface area contributed by atoms with Crippen LogP contribution in [0.4, 0.5) is 27.9 Å². The van der Waals surface area contributed by atoms with Gasteiger partial charge in [0.2, 0.25) is 11.8 Å². The molecule has 0 atom stereocenters. The zero-order valence-corrected chi connectivity index (χ0v) is 22.5. The lowest BCUT2D eigenvalue weighted by molar-refractivity contribution is 0.262. The maximum Gasteiger partial charge on any atom is 0.324 e. The Labute approximate surface area is 236 Å². The summed E-state index contributed by atoms with van der Waals surface area (Å²) in [4.78, 5) is 21.9. The predicted octanol–water partition coefficient (Wildman–Crippen LogP) is 7.61. The number of nitrogens with one attached hydrogen (secondary N) is 3. The molecule has 0 saturated heterocycles. The minimum atomic E-state index is -0.385. The van der Waals surface area contributed by atoms with Crippen LogP contribution >= 0.6 is 0 Å². The lowest BCUT2D eigenvalue weighted by Gasteiger charge is -2.14. The van der Waals surface area contributed by atoms with Crippen molar-refractivity contribution in [2.45, 2.75) is 13.8 Å². The highest BCUT2D eigenvalue weighted by Gasteiger charge is 2.14. The van der Waals surface area contributed by atoms with Crippen LogP contribution in [0.15, 0.2) is 109 Å². The fourth-order valence-corrected chi connectivity index (χ4v) is 4.43. The number of ether oxygens (including phenoxy) is 1. The second-order valence-electron chi connectivity index (χ2n) is 9.47. The van der Waals surface area contributed by atoms with Crippen LogP contribution < -0.4 is 20.7 Å². The minimum Gasteiger partial charge on any atom is -0.438 e. The number of carbonyl (C=O) groups is 1. The summed E-state index contributed by atoms with van der Waals surface area (Å²) in [6, 6.07) is 32.1. The smallest absolute Gasteiger partial charge is 0.324 e. The number of fused-ring (bicyclic) bond motifs is 1. The number of hydrogen-bond donors (Lipinski definition) is 3. The van der Waals surface area contributed by atoms with Crippen LogP contribution in [0.25, 0.3) is 16.5 Å². The molecule has 4 aromatic carbocycles. The molecule has 202 valence electrons. The first kappa shape index (κ1) is 25.6. The van der Waals surface area contributed by atoms with Crippen molar-refractivity contribution >= 4 is 39.9 Å². The van der Waals surface area contributed by atoms with Crippen molar-refractivity contribution in [1.82, 2.24) is 19.7 Å². The molecule has 6 rings (SSSR count). The predicted molar refractivity (Wildman–Crippen MR) is 161 cm³/mol. The standard InChI is InChI=1S/C32H27N7O2/c1-21-12-14-24(15-13-21)39-29(20-22(2)38-39)36-32(40)35-27-16-17-28(26-11-7-6-10-25(26)27)41-30-18-19-33-31(37-30)34-23-8-4-3-5-9-23/h3-20H,1-2H3,(H,33,34,37)(H2,35,36,40). The third-order valence-corrected chi connectivity index (χ3v) is 6.36. The summed E-state index contributed by atoms with van der Waals surface area (Å²) in [5.74, 6) is 1.98. The zero-order chi connectivity index (χ0) is 28.2. The van der Waals surface area contributed by atoms with Gasteiger partial charge < -0.3 is 15.4 Å². The number of hydrogen-bond acceptors (Lipinski definition) is 6. The van der Waals surface area contributed by atoms with Crippen LogP contribution in [0.5, 0.6) is 11.6 Å². The highest BCUT2D eigenvalue weighted by molar-refractivity contribution is 6.07. The van der Waals surface area contributed by atoms with Gasteiger partial charge >= 0.3 is 6.03 Å². The van der Waals surface area contributed by atoms with Gasteiger partial charge in [-0.1, -0.05) is 60.2 Å². The van der Waals surface area contributed by atoms with Crippen molar-refractivity contribution in [2.24, 2.45) is 0 Å². The normalized spacial score (nSPS) is 10.8. The molecular formula is C32H27N7O2. The number of anilines is 4. The summed E-state index contributed by atoms with van der Waals surface area (Å²) in [5, 5.41) is 15.3. The molecule has 0 fully saturated rings. The van der Waals surface area contributed by atoms with E-state index < -0.39 is 0 Å². The van der Waals surface area contributed by atoms with Crippen molar-refractivity contribution in [3.05, 3.63) is 121 Å². The second-order valence-corrected chi connectivity index (χ2v) is 9.47. The van der Waals surface area contributed by atoms with Crippen molar-refractivity contribution in [3.8, 4) is 17.3 Å². The first-order chi connectivity index (χ1) is 20.0. The van der Waals surface area contributed by atoms with Gasteiger partial charge in [0.1, 0.15) is 11.6 Å². The third kappa shape index (κ3) is 5.84. The summed E-state index contributed by atoms with van der Waals surface area (Å²) in [5.41, 5.74) is 4.31. The molecule has 0 unspecified atom stereocenters. The molecule has 0 bridgehead atoms. The van der Waals surface area contributed by atoms with Gasteiger partial charge in [-0.05, 0) is 50.2 Å². The maximum absolute atomic E-state index is 13.1. The average Bonchev–Trinajstić information content (AvgIpc) is 3.35. The Balaban J connectivity index is 1.22. The monoisotopic (exact) mass is 541 g/mol. The van der Waals surface area contributed by atoms with Gasteiger partial charge in [-0.2, -0.15) is 10.1 Å². The van der Waals surface area contributed by atoms with Crippen LogP contribution in [0, 0.1) is 13.8 Å². The minimum absolute atomic E-state index is 0.385. The molecule has 2 heterocycles. The fourth-order valence-electron chi connectivity index (χ4n) is 4.43. The lowest BCUT2D eigenvalue weighted by atomic mass is 10.1. The highest BCUT2D eigenvalue weighted by atomic mass is 16.5. The van der Waals surface area contributed by atoms with Gasteiger partial charge in [0.15, 0.2) is 0 Å². The van der Waals surface area contributed by atoms with E-state index in [1.165, 1.54) is 0 Å². The lowest BCUT2D eigenvalue weighted by Crippen LogP contribution is -2.21. The third-order valence-electron chi connectivity index (χ3n) is 6.36. The van der Waals surface area contributed by atoms with E-state index in [1.54, 1.807) is 16.9 Å². The number of aryl methyl sites for hydroxylation is 2. The topological polar surface area (TPSA) is 106 Å². The van der Waals surface area contributed by atoms with E-state index >= 15 is 0 Å². The van der Waals surface area contributed by atoms with E-state index in [0.717, 1.165) is 33.4 Å². The van der Waals surface area contributed by atoms with Crippen LogP contribution in [-0.4, -0.2) is 25.8 Å². The molecule has 0 aliphatic carbocycles. The number of aromatic nitrogens is 4. The highest BCUT2D eigenvalue weighted by Crippen LogP contribution is 2.34. The SMILES string of the molecule is Cc1ccc(-n2nc(C)cc2NC(=O)Nc2ccc(Oc3ccnc(Nc4ccccc4)n3)c3ccccc23)cc1. The second kappa shape index (κ2) is 11.2. The van der Waals surface area contributed by atoms with E-state index in [0.29, 0.717) is 29.1 Å². The van der Waals surface area contributed by atoms with E-state index in [1.807, 2.05) is 111 Å². The van der Waals surface area contributed by atoms with E-state index in [2.05, 4.69) is 31.0 Å². The fraction of sp³-hybridized carbons (Fsp3) is 0.0625. The number of rotatable bonds is 7. The molecule has 41 heavy (non-hydrogen) atoms. The van der Waals surface area contributed by atoms with Gasteiger partial charge in [0.05, 0.1) is 17.1 Å². The Bertz CT molecular complexity index is 1830. The van der Waals surface area contributed by atoms with Crippen LogP contribution in [-0.2, 0) is 0 Å². The van der Waals surface area contributed by atoms with Crippen LogP contribution in [0.1, 0.15) is 11.3 Å². The van der Waals surface area contributed by atoms with Crippen LogP contribution in [0.3, 0.4) is 0 Å². The first-order valence-electron chi connectivity index (χ1n) is 13.1. The van der Waals surface area contributed by atoms with Gasteiger partial charge in [0, 0.05) is 34.8 Å². The first-order valence-corrected chi connectivity index (χ1v) is 13.1. The van der Waals surface area contributed by atoms with Crippen molar-refractivity contribution in [3.63, 3.8) is 0 Å². The Kier molecular flexibility index (Phi) is 6.98. The summed E-state index contributed by atoms with van der Waals surface area (Å²) in [7, 11) is 0. The summed E-state index contributed by atoms with van der Waals surface area (Å²) in [6.07, 6.45) is 1.64. The molecule has 2 aromatic heterocycles. The number of urea groups is 1. The Hall–Kier alpha value is -5.70. The Morgan fingerprint density at radius 3 is 2.37 bits per heavy atom. The van der Waals surface area contributed by atoms with Crippen LogP contribution in [0.2, 0.25) is 0 Å². The summed E-state index contributed by atoms with van der Waals surface area (Å²) >= 11 is 0. The molecule has 0 radical (unpaired) electrons. The Morgan fingerprint density at radius 2 is 1.56 bits per heavy atom. The van der Waals surface area contributed by atoms with E-state index in [9.17, 15) is 4.79 Å². The molecule has 3 N–H and O–H groups in total. The molecule has 2 amide bonds. The van der Waals surface area contributed by atoms with Gasteiger partial charge in [-0.25, -0.2) is 14.5 Å². The number of carbonyl (C=O) groups excluding carboxylic acids is 1. The largest absolute Gasteiger partial charge is 0.438 e. The van der Waals surface area contributed by atoms with Gasteiger partial charge in [-0.3, -0.25) is 5.32 Å². The van der Waals surface area contributed by atoms with Crippen molar-refractivity contribution in [1.29, 1.82) is 0 Å². The molecular weight excluding hydrogens is 514 g/mol. The van der Waals surface area contributed by atoms with Crippen molar-refractivity contribution in [2.75, 3.05) is 16.0 Å². The number of nitrogens with zero attached hydrogens (tertiary/aromatic N) is 4. The molecule has 9 nitrogen and oxygen atoms in total. The number of para-hydroxylation sites is 1. The quantitative estimate of drug-likeness (QED) is 0.192. The van der Waals surface area contributed by atoms with Crippen molar-refractivity contribution < 1.29 is 9.53 Å². The molecule has 0 spiro atoms. The van der Waals surface area contributed by atoms with Gasteiger partial charge in [0.25, 0.3) is 0 Å². The zero-order valence-electron chi connectivity index (χ0n) is 22.5. The van der Waals surface area contributed by atoms with E-state index in [-0.39, 0.29) is 6.03 Å². The number of amides is 2. The molecule has 9 heteroatoms. The number of benzene rings is 4. The summed E-state index contributed by atoms with van der Waals surface area (Å²) in [6.45, 7) is 3.91. The molecule has 0 aliphatic heterocycles. The van der Waals surface area contributed by atoms with Gasteiger partial charge in [-0.15, -0.1) is 0 Å². The molecule has 0 saturated carbocycles.